The fourth-order valence-corrected chi connectivity index (χ4v) is 1.64. The van der Waals surface area contributed by atoms with Crippen LogP contribution in [0.2, 0.25) is 0 Å². The molecule has 0 aliphatic carbocycles. The van der Waals surface area contributed by atoms with Crippen LogP contribution < -0.4 is 11.1 Å². The smallest absolute Gasteiger partial charge is 0.321 e. The molecule has 0 bridgehead atoms. The third kappa shape index (κ3) is 5.80. The number of nitrogens with two attached hydrogens (primary N) is 1. The van der Waals surface area contributed by atoms with Crippen molar-refractivity contribution >= 4 is 17.6 Å². The van der Waals surface area contributed by atoms with Gasteiger partial charge < -0.3 is 25.4 Å². The number of hydrogen-bond acceptors (Lipinski definition) is 4. The minimum Gasteiger partial charge on any atom is -0.383 e. The van der Waals surface area contributed by atoms with E-state index < -0.39 is 5.91 Å². The van der Waals surface area contributed by atoms with Gasteiger partial charge in [0.25, 0.3) is 0 Å². The number of primary amides is 1. The standard InChI is InChI=1S/C14H21N3O4/c1-20-9-7-17(8-10-21-2)14(19)16-12-5-3-11(4-6-12)13(15)18/h3-6H,7-10H2,1-2H3,(H2,15,18)(H,16,19). The SMILES string of the molecule is COCCN(CCOC)C(=O)Nc1ccc(C(N)=O)cc1. The number of anilines is 1. The van der Waals surface area contributed by atoms with Gasteiger partial charge in [-0.15, -0.1) is 0 Å². The lowest BCUT2D eigenvalue weighted by Crippen LogP contribution is -2.39. The van der Waals surface area contributed by atoms with E-state index in [1.165, 1.54) is 0 Å². The largest absolute Gasteiger partial charge is 0.383 e. The molecule has 3 amide bonds. The summed E-state index contributed by atoms with van der Waals surface area (Å²) in [5, 5.41) is 2.75. The molecule has 0 heterocycles. The first kappa shape index (κ1) is 16.9. The van der Waals surface area contributed by atoms with Gasteiger partial charge in [-0.3, -0.25) is 4.79 Å². The lowest BCUT2D eigenvalue weighted by atomic mass is 10.2. The van der Waals surface area contributed by atoms with Gasteiger partial charge in [0.2, 0.25) is 5.91 Å². The molecule has 0 aliphatic rings. The zero-order valence-corrected chi connectivity index (χ0v) is 12.3. The summed E-state index contributed by atoms with van der Waals surface area (Å²) in [6.07, 6.45) is 0. The maximum atomic E-state index is 12.2. The van der Waals surface area contributed by atoms with Gasteiger partial charge in [-0.25, -0.2) is 4.79 Å². The van der Waals surface area contributed by atoms with E-state index in [9.17, 15) is 9.59 Å². The van der Waals surface area contributed by atoms with Crippen molar-refractivity contribution in [2.24, 2.45) is 5.73 Å². The van der Waals surface area contributed by atoms with Crippen molar-refractivity contribution in [1.29, 1.82) is 0 Å². The van der Waals surface area contributed by atoms with Crippen molar-refractivity contribution in [2.45, 2.75) is 0 Å². The van der Waals surface area contributed by atoms with Gasteiger partial charge in [0.15, 0.2) is 0 Å². The van der Waals surface area contributed by atoms with E-state index in [1.807, 2.05) is 0 Å². The molecule has 21 heavy (non-hydrogen) atoms. The monoisotopic (exact) mass is 295 g/mol. The van der Waals surface area contributed by atoms with Crippen molar-refractivity contribution in [3.8, 4) is 0 Å². The Labute approximate surface area is 124 Å². The summed E-state index contributed by atoms with van der Waals surface area (Å²) < 4.78 is 9.96. The molecule has 7 heteroatoms. The van der Waals surface area contributed by atoms with E-state index in [0.717, 1.165) is 0 Å². The van der Waals surface area contributed by atoms with Crippen LogP contribution in [0.4, 0.5) is 10.5 Å². The Hall–Kier alpha value is -2.12. The number of amides is 3. The molecule has 3 N–H and O–H groups in total. The quantitative estimate of drug-likeness (QED) is 0.745. The van der Waals surface area contributed by atoms with Gasteiger partial charge >= 0.3 is 6.03 Å². The fraction of sp³-hybridized carbons (Fsp3) is 0.429. The molecule has 0 saturated carbocycles. The number of nitrogens with one attached hydrogen (secondary N) is 1. The number of urea groups is 1. The molecule has 0 aliphatic heterocycles. The Morgan fingerprint density at radius 1 is 1.10 bits per heavy atom. The second kappa shape index (κ2) is 8.93. The van der Waals surface area contributed by atoms with Crippen molar-refractivity contribution in [3.05, 3.63) is 29.8 Å². The predicted molar refractivity (Wildman–Crippen MR) is 79.3 cm³/mol. The van der Waals surface area contributed by atoms with Gasteiger partial charge in [-0.1, -0.05) is 0 Å². The highest BCUT2D eigenvalue weighted by molar-refractivity contribution is 5.94. The van der Waals surface area contributed by atoms with Gasteiger partial charge in [0.1, 0.15) is 0 Å². The highest BCUT2D eigenvalue weighted by Crippen LogP contribution is 2.10. The van der Waals surface area contributed by atoms with Crippen LogP contribution in [0.5, 0.6) is 0 Å². The number of benzene rings is 1. The highest BCUT2D eigenvalue weighted by Gasteiger charge is 2.13. The molecule has 0 saturated heterocycles. The van der Waals surface area contributed by atoms with Crippen LogP contribution in [-0.4, -0.2) is 57.4 Å². The van der Waals surface area contributed by atoms with Crippen LogP contribution in [0.15, 0.2) is 24.3 Å². The van der Waals surface area contributed by atoms with E-state index in [0.29, 0.717) is 37.6 Å². The maximum absolute atomic E-state index is 12.2. The molecule has 7 nitrogen and oxygen atoms in total. The van der Waals surface area contributed by atoms with Crippen LogP contribution in [0.3, 0.4) is 0 Å². The lowest BCUT2D eigenvalue weighted by molar-refractivity contribution is 0.100. The molecule has 0 radical (unpaired) electrons. The molecular formula is C14H21N3O4. The van der Waals surface area contributed by atoms with E-state index in [1.54, 1.807) is 43.4 Å². The predicted octanol–water partition coefficient (Wildman–Crippen LogP) is 0.912. The van der Waals surface area contributed by atoms with Crippen molar-refractivity contribution in [1.82, 2.24) is 4.90 Å². The van der Waals surface area contributed by atoms with E-state index in [-0.39, 0.29) is 6.03 Å². The zero-order valence-electron chi connectivity index (χ0n) is 12.3. The van der Waals surface area contributed by atoms with Crippen LogP contribution in [-0.2, 0) is 9.47 Å². The minimum absolute atomic E-state index is 0.254. The molecule has 0 fully saturated rings. The second-order valence-electron chi connectivity index (χ2n) is 4.34. The summed E-state index contributed by atoms with van der Waals surface area (Å²) in [7, 11) is 3.16. The Morgan fingerprint density at radius 2 is 1.62 bits per heavy atom. The number of carbonyl (C=O) groups is 2. The average Bonchev–Trinajstić information content (AvgIpc) is 2.47. The molecule has 0 unspecified atom stereocenters. The summed E-state index contributed by atoms with van der Waals surface area (Å²) in [4.78, 5) is 24.7. The third-order valence-electron chi connectivity index (χ3n) is 2.84. The number of nitrogens with zero attached hydrogens (tertiary/aromatic N) is 1. The Morgan fingerprint density at radius 3 is 2.05 bits per heavy atom. The van der Waals surface area contributed by atoms with Crippen LogP contribution in [0.1, 0.15) is 10.4 Å². The first-order valence-electron chi connectivity index (χ1n) is 6.52. The van der Waals surface area contributed by atoms with Crippen molar-refractivity contribution < 1.29 is 19.1 Å². The first-order valence-corrected chi connectivity index (χ1v) is 6.52. The summed E-state index contributed by atoms with van der Waals surface area (Å²) in [5.41, 5.74) is 6.14. The van der Waals surface area contributed by atoms with E-state index in [4.69, 9.17) is 15.2 Å². The Bertz CT molecular complexity index is 454. The number of ether oxygens (including phenoxy) is 2. The minimum atomic E-state index is -0.505. The topological polar surface area (TPSA) is 93.9 Å². The van der Waals surface area contributed by atoms with Gasteiger partial charge in [-0.05, 0) is 24.3 Å². The average molecular weight is 295 g/mol. The first-order chi connectivity index (χ1) is 10.1. The second-order valence-corrected chi connectivity index (χ2v) is 4.34. The van der Waals surface area contributed by atoms with Gasteiger partial charge in [0.05, 0.1) is 13.2 Å². The van der Waals surface area contributed by atoms with E-state index >= 15 is 0 Å². The molecule has 0 aromatic heterocycles. The number of rotatable bonds is 8. The zero-order chi connectivity index (χ0) is 15.7. The number of hydrogen-bond donors (Lipinski definition) is 2. The Balaban J connectivity index is 2.64. The molecule has 0 spiro atoms. The molecule has 0 atom stereocenters. The third-order valence-corrected chi connectivity index (χ3v) is 2.84. The number of carbonyl (C=O) groups excluding carboxylic acids is 2. The molecule has 1 rings (SSSR count). The van der Waals surface area contributed by atoms with Gasteiger partial charge in [0, 0.05) is 38.6 Å². The van der Waals surface area contributed by atoms with Crippen LogP contribution >= 0.6 is 0 Å². The molecular weight excluding hydrogens is 274 g/mol. The molecule has 1 aromatic carbocycles. The molecule has 116 valence electrons. The summed E-state index contributed by atoms with van der Waals surface area (Å²) in [6.45, 7) is 1.81. The Kier molecular flexibility index (Phi) is 7.20. The van der Waals surface area contributed by atoms with Crippen molar-refractivity contribution in [2.75, 3.05) is 45.8 Å². The summed E-state index contributed by atoms with van der Waals surface area (Å²) >= 11 is 0. The molecule has 1 aromatic rings. The van der Waals surface area contributed by atoms with Crippen LogP contribution in [0, 0.1) is 0 Å². The van der Waals surface area contributed by atoms with E-state index in [2.05, 4.69) is 5.32 Å². The number of methoxy groups -OCH3 is 2. The lowest BCUT2D eigenvalue weighted by Gasteiger charge is -2.22. The van der Waals surface area contributed by atoms with Crippen molar-refractivity contribution in [3.63, 3.8) is 0 Å². The van der Waals surface area contributed by atoms with Crippen LogP contribution in [0.25, 0.3) is 0 Å². The van der Waals surface area contributed by atoms with Gasteiger partial charge in [-0.2, -0.15) is 0 Å². The summed E-state index contributed by atoms with van der Waals surface area (Å²) in [5.74, 6) is -0.505. The fourth-order valence-electron chi connectivity index (χ4n) is 1.64. The maximum Gasteiger partial charge on any atom is 0.321 e. The summed E-state index contributed by atoms with van der Waals surface area (Å²) in [6, 6.07) is 6.13. The normalized spacial score (nSPS) is 10.2. The highest BCUT2D eigenvalue weighted by atomic mass is 16.5.